The van der Waals surface area contributed by atoms with Gasteiger partial charge in [-0.25, -0.2) is 4.39 Å². The van der Waals surface area contributed by atoms with Crippen molar-refractivity contribution < 1.29 is 4.39 Å². The van der Waals surface area contributed by atoms with E-state index in [0.717, 1.165) is 31.5 Å². The summed E-state index contributed by atoms with van der Waals surface area (Å²) in [5.74, 6) is 0.454. The summed E-state index contributed by atoms with van der Waals surface area (Å²) in [6, 6.07) is 5.23. The molecule has 1 aromatic rings. The van der Waals surface area contributed by atoms with Crippen LogP contribution >= 0.6 is 0 Å². The summed E-state index contributed by atoms with van der Waals surface area (Å²) in [4.78, 5) is 2.12. The fourth-order valence-electron chi connectivity index (χ4n) is 2.32. The molecule has 0 aliphatic carbocycles. The van der Waals surface area contributed by atoms with Crippen LogP contribution in [0.2, 0.25) is 0 Å². The van der Waals surface area contributed by atoms with Crippen LogP contribution in [-0.4, -0.2) is 13.1 Å². The summed E-state index contributed by atoms with van der Waals surface area (Å²) in [5.41, 5.74) is 7.33. The molecule has 0 aliphatic rings. The van der Waals surface area contributed by atoms with Gasteiger partial charge in [-0.05, 0) is 37.5 Å². The third-order valence-electron chi connectivity index (χ3n) is 3.85. The molecule has 108 valence electrons. The zero-order valence-corrected chi connectivity index (χ0v) is 12.6. The number of nitrogens with zero attached hydrogens (tertiary/aromatic N) is 1. The molecule has 0 heterocycles. The smallest absolute Gasteiger partial charge is 0.146 e. The van der Waals surface area contributed by atoms with Crippen LogP contribution in [0, 0.1) is 11.7 Å². The van der Waals surface area contributed by atoms with Gasteiger partial charge < -0.3 is 10.6 Å². The minimum Gasteiger partial charge on any atom is -0.369 e. The SMILES string of the molecule is CCC(CC)CN(CC)c1ccc(C(C)N)cc1F. The Labute approximate surface area is 116 Å². The number of hydrogen-bond donors (Lipinski definition) is 1. The highest BCUT2D eigenvalue weighted by atomic mass is 19.1. The molecule has 1 unspecified atom stereocenters. The summed E-state index contributed by atoms with van der Waals surface area (Å²) >= 11 is 0. The number of hydrogen-bond acceptors (Lipinski definition) is 2. The van der Waals surface area contributed by atoms with E-state index in [4.69, 9.17) is 5.73 Å². The average molecular weight is 266 g/mol. The highest BCUT2D eigenvalue weighted by Gasteiger charge is 2.15. The minimum absolute atomic E-state index is 0.127. The van der Waals surface area contributed by atoms with E-state index in [1.165, 1.54) is 0 Å². The van der Waals surface area contributed by atoms with Crippen molar-refractivity contribution in [1.29, 1.82) is 0 Å². The summed E-state index contributed by atoms with van der Waals surface area (Å²) in [6.07, 6.45) is 2.26. The fraction of sp³-hybridized carbons (Fsp3) is 0.625. The van der Waals surface area contributed by atoms with Gasteiger partial charge in [0.25, 0.3) is 0 Å². The van der Waals surface area contributed by atoms with E-state index in [1.54, 1.807) is 6.07 Å². The monoisotopic (exact) mass is 266 g/mol. The largest absolute Gasteiger partial charge is 0.369 e. The van der Waals surface area contributed by atoms with Crippen LogP contribution in [0.3, 0.4) is 0 Å². The van der Waals surface area contributed by atoms with Crippen LogP contribution in [0.5, 0.6) is 0 Å². The van der Waals surface area contributed by atoms with Crippen molar-refractivity contribution >= 4 is 5.69 Å². The van der Waals surface area contributed by atoms with E-state index in [2.05, 4.69) is 25.7 Å². The van der Waals surface area contributed by atoms with Gasteiger partial charge in [-0.1, -0.05) is 32.8 Å². The molecule has 0 saturated heterocycles. The van der Waals surface area contributed by atoms with Gasteiger partial charge in [-0.2, -0.15) is 0 Å². The van der Waals surface area contributed by atoms with Gasteiger partial charge in [0.2, 0.25) is 0 Å². The molecule has 2 nitrogen and oxygen atoms in total. The highest BCUT2D eigenvalue weighted by molar-refractivity contribution is 5.49. The summed E-state index contributed by atoms with van der Waals surface area (Å²) in [5, 5.41) is 0. The number of benzene rings is 1. The fourth-order valence-corrected chi connectivity index (χ4v) is 2.32. The Kier molecular flexibility index (Phi) is 6.29. The molecule has 0 saturated carbocycles. The summed E-state index contributed by atoms with van der Waals surface area (Å²) < 4.78 is 14.2. The van der Waals surface area contributed by atoms with E-state index in [0.29, 0.717) is 11.6 Å². The molecule has 19 heavy (non-hydrogen) atoms. The molecule has 0 bridgehead atoms. The Morgan fingerprint density at radius 3 is 2.26 bits per heavy atom. The van der Waals surface area contributed by atoms with Crippen LogP contribution < -0.4 is 10.6 Å². The van der Waals surface area contributed by atoms with Crippen molar-refractivity contribution in [1.82, 2.24) is 0 Å². The molecule has 1 atom stereocenters. The predicted octanol–water partition coefficient (Wildman–Crippen LogP) is 4.11. The lowest BCUT2D eigenvalue weighted by molar-refractivity contribution is 0.481. The molecule has 0 radical (unpaired) electrons. The molecular formula is C16H27FN2. The van der Waals surface area contributed by atoms with E-state index in [1.807, 2.05) is 19.1 Å². The van der Waals surface area contributed by atoms with E-state index in [-0.39, 0.29) is 11.9 Å². The first kappa shape index (κ1) is 16.0. The van der Waals surface area contributed by atoms with Crippen molar-refractivity contribution in [3.63, 3.8) is 0 Å². The summed E-state index contributed by atoms with van der Waals surface area (Å²) in [6.45, 7) is 10.1. The first-order valence-corrected chi connectivity index (χ1v) is 7.33. The van der Waals surface area contributed by atoms with Crippen molar-refractivity contribution in [3.8, 4) is 0 Å². The second-order valence-corrected chi connectivity index (χ2v) is 5.22. The van der Waals surface area contributed by atoms with E-state index < -0.39 is 0 Å². The van der Waals surface area contributed by atoms with Gasteiger partial charge in [0, 0.05) is 19.1 Å². The second kappa shape index (κ2) is 7.49. The molecule has 2 N–H and O–H groups in total. The average Bonchev–Trinajstić information content (AvgIpc) is 2.41. The Hall–Kier alpha value is -1.09. The van der Waals surface area contributed by atoms with Gasteiger partial charge >= 0.3 is 0 Å². The Morgan fingerprint density at radius 1 is 1.21 bits per heavy atom. The Balaban J connectivity index is 2.92. The lowest BCUT2D eigenvalue weighted by Crippen LogP contribution is -2.29. The molecule has 3 heteroatoms. The third-order valence-corrected chi connectivity index (χ3v) is 3.85. The standard InChI is InChI=1S/C16H27FN2/c1-5-13(6-2)11-19(7-3)16-9-8-14(12(4)18)10-15(16)17/h8-10,12-13H,5-7,11,18H2,1-4H3. The van der Waals surface area contributed by atoms with Crippen LogP contribution in [0.25, 0.3) is 0 Å². The lowest BCUT2D eigenvalue weighted by atomic mass is 10.0. The van der Waals surface area contributed by atoms with Crippen LogP contribution in [0.4, 0.5) is 10.1 Å². The number of rotatable bonds is 7. The number of anilines is 1. The van der Waals surface area contributed by atoms with Crippen molar-refractivity contribution in [2.75, 3.05) is 18.0 Å². The number of nitrogens with two attached hydrogens (primary N) is 1. The molecule has 0 aliphatic heterocycles. The van der Waals surface area contributed by atoms with Gasteiger partial charge in [-0.3, -0.25) is 0 Å². The van der Waals surface area contributed by atoms with Crippen molar-refractivity contribution in [2.24, 2.45) is 11.7 Å². The lowest BCUT2D eigenvalue weighted by Gasteiger charge is -2.28. The topological polar surface area (TPSA) is 29.3 Å². The maximum absolute atomic E-state index is 14.2. The molecule has 0 aromatic heterocycles. The van der Waals surface area contributed by atoms with Crippen molar-refractivity contribution in [2.45, 2.75) is 46.6 Å². The zero-order valence-electron chi connectivity index (χ0n) is 12.6. The third kappa shape index (κ3) is 4.20. The van der Waals surface area contributed by atoms with Crippen LogP contribution in [-0.2, 0) is 0 Å². The quantitative estimate of drug-likeness (QED) is 0.804. The van der Waals surface area contributed by atoms with Gasteiger partial charge in [-0.15, -0.1) is 0 Å². The van der Waals surface area contributed by atoms with E-state index >= 15 is 0 Å². The van der Waals surface area contributed by atoms with E-state index in [9.17, 15) is 4.39 Å². The first-order valence-electron chi connectivity index (χ1n) is 7.33. The normalized spacial score (nSPS) is 12.8. The molecule has 1 rings (SSSR count). The Morgan fingerprint density at radius 2 is 1.84 bits per heavy atom. The molecule has 0 fully saturated rings. The summed E-state index contributed by atoms with van der Waals surface area (Å²) in [7, 11) is 0. The first-order chi connectivity index (χ1) is 9.03. The molecular weight excluding hydrogens is 239 g/mol. The predicted molar refractivity (Wildman–Crippen MR) is 81.0 cm³/mol. The Bertz CT molecular complexity index is 386. The zero-order chi connectivity index (χ0) is 14.4. The number of halogens is 1. The highest BCUT2D eigenvalue weighted by Crippen LogP contribution is 2.24. The molecule has 0 spiro atoms. The molecule has 0 amide bonds. The van der Waals surface area contributed by atoms with Crippen LogP contribution in [0.1, 0.15) is 52.1 Å². The maximum atomic E-state index is 14.2. The van der Waals surface area contributed by atoms with Crippen molar-refractivity contribution in [3.05, 3.63) is 29.6 Å². The minimum atomic E-state index is -0.164. The molecule has 1 aromatic carbocycles. The van der Waals surface area contributed by atoms with Gasteiger partial charge in [0.15, 0.2) is 0 Å². The maximum Gasteiger partial charge on any atom is 0.146 e. The van der Waals surface area contributed by atoms with Gasteiger partial charge in [0.1, 0.15) is 5.82 Å². The second-order valence-electron chi connectivity index (χ2n) is 5.22. The van der Waals surface area contributed by atoms with Crippen LogP contribution in [0.15, 0.2) is 18.2 Å². The van der Waals surface area contributed by atoms with Gasteiger partial charge in [0.05, 0.1) is 5.69 Å².